The number of hydrogen-bond donors (Lipinski definition) is 2. The number of ether oxygens (including phenoxy) is 1. The molecule has 4 heteroatoms. The summed E-state index contributed by atoms with van der Waals surface area (Å²) in [5.41, 5.74) is 8.11. The van der Waals surface area contributed by atoms with Gasteiger partial charge in [0.25, 0.3) is 0 Å². The van der Waals surface area contributed by atoms with Crippen molar-refractivity contribution < 1.29 is 9.84 Å². The molecule has 3 rings (SSSR count). The summed E-state index contributed by atoms with van der Waals surface area (Å²) in [5.74, 6) is 0.922. The zero-order valence-corrected chi connectivity index (χ0v) is 10.0. The number of fused-ring (bicyclic) bond motifs is 1. The van der Waals surface area contributed by atoms with Gasteiger partial charge >= 0.3 is 0 Å². The maximum Gasteiger partial charge on any atom is 0.142 e. The van der Waals surface area contributed by atoms with Crippen molar-refractivity contribution in [2.75, 3.05) is 25.1 Å². The van der Waals surface area contributed by atoms with Crippen LogP contribution in [0.2, 0.25) is 0 Å². The second-order valence-electron chi connectivity index (χ2n) is 5.17. The molecule has 1 fully saturated rings. The standard InChI is InChI=1S/C13H18N2O2/c1-15-4-5-17-12-3-2-9(6-11(12)15)13(14)7-10(16)8-13/h2-3,6,10,16H,4-5,7-8,14H2,1H3. The second-order valence-corrected chi connectivity index (χ2v) is 5.17. The molecule has 0 radical (unpaired) electrons. The van der Waals surface area contributed by atoms with Crippen molar-refractivity contribution in [3.05, 3.63) is 23.8 Å². The van der Waals surface area contributed by atoms with Crippen LogP contribution in [0.25, 0.3) is 0 Å². The maximum absolute atomic E-state index is 9.42. The SMILES string of the molecule is CN1CCOc2ccc(C3(N)CC(O)C3)cc21. The Labute approximate surface area is 101 Å². The third-order valence-corrected chi connectivity index (χ3v) is 3.83. The molecule has 0 amide bonds. The fourth-order valence-electron chi connectivity index (χ4n) is 2.68. The molecule has 1 heterocycles. The van der Waals surface area contributed by atoms with E-state index in [-0.39, 0.29) is 11.6 Å². The Morgan fingerprint density at radius 1 is 1.47 bits per heavy atom. The highest BCUT2D eigenvalue weighted by Gasteiger charge is 2.41. The van der Waals surface area contributed by atoms with E-state index < -0.39 is 0 Å². The zero-order valence-electron chi connectivity index (χ0n) is 10.0. The molecule has 1 aromatic rings. The molecule has 4 nitrogen and oxygen atoms in total. The molecule has 1 aromatic carbocycles. The van der Waals surface area contributed by atoms with Crippen LogP contribution >= 0.6 is 0 Å². The highest BCUT2D eigenvalue weighted by molar-refractivity contribution is 5.61. The summed E-state index contributed by atoms with van der Waals surface area (Å²) in [6, 6.07) is 6.10. The lowest BCUT2D eigenvalue weighted by Gasteiger charge is -2.43. The first-order valence-corrected chi connectivity index (χ1v) is 6.04. The zero-order chi connectivity index (χ0) is 12.0. The molecular weight excluding hydrogens is 216 g/mol. The average molecular weight is 234 g/mol. The lowest BCUT2D eigenvalue weighted by molar-refractivity contribution is 0.0209. The van der Waals surface area contributed by atoms with Crippen molar-refractivity contribution >= 4 is 5.69 Å². The van der Waals surface area contributed by atoms with Gasteiger partial charge < -0.3 is 20.5 Å². The van der Waals surface area contributed by atoms with Gasteiger partial charge in [-0.25, -0.2) is 0 Å². The predicted molar refractivity (Wildman–Crippen MR) is 66.3 cm³/mol. The van der Waals surface area contributed by atoms with Crippen molar-refractivity contribution in [1.29, 1.82) is 0 Å². The number of hydrogen-bond acceptors (Lipinski definition) is 4. The number of aliphatic hydroxyl groups is 1. The number of aliphatic hydroxyl groups excluding tert-OH is 1. The van der Waals surface area contributed by atoms with E-state index in [1.54, 1.807) is 0 Å². The van der Waals surface area contributed by atoms with E-state index >= 15 is 0 Å². The summed E-state index contributed by atoms with van der Waals surface area (Å²) < 4.78 is 5.60. The second kappa shape index (κ2) is 3.62. The molecule has 1 saturated carbocycles. The van der Waals surface area contributed by atoms with Gasteiger partial charge in [-0.2, -0.15) is 0 Å². The molecule has 3 N–H and O–H groups in total. The van der Waals surface area contributed by atoms with E-state index in [1.165, 1.54) is 0 Å². The van der Waals surface area contributed by atoms with Crippen LogP contribution < -0.4 is 15.4 Å². The van der Waals surface area contributed by atoms with Crippen LogP contribution in [0.1, 0.15) is 18.4 Å². The number of likely N-dealkylation sites (N-methyl/N-ethyl adjacent to an activating group) is 1. The Hall–Kier alpha value is -1.26. The third-order valence-electron chi connectivity index (χ3n) is 3.83. The Morgan fingerprint density at radius 2 is 2.24 bits per heavy atom. The minimum Gasteiger partial charge on any atom is -0.490 e. The Kier molecular flexibility index (Phi) is 2.31. The van der Waals surface area contributed by atoms with Crippen LogP contribution in [-0.2, 0) is 5.54 Å². The van der Waals surface area contributed by atoms with Gasteiger partial charge in [0, 0.05) is 12.6 Å². The van der Waals surface area contributed by atoms with Crippen LogP contribution in [-0.4, -0.2) is 31.4 Å². The Balaban J connectivity index is 1.95. The predicted octanol–water partition coefficient (Wildman–Crippen LogP) is 0.824. The van der Waals surface area contributed by atoms with Gasteiger partial charge in [0.05, 0.1) is 18.3 Å². The minimum absolute atomic E-state index is 0.245. The largest absolute Gasteiger partial charge is 0.490 e. The molecule has 1 aliphatic carbocycles. The summed E-state index contributed by atoms with van der Waals surface area (Å²) in [6.07, 6.45) is 1.05. The van der Waals surface area contributed by atoms with E-state index in [2.05, 4.69) is 18.0 Å². The fraction of sp³-hybridized carbons (Fsp3) is 0.538. The molecular formula is C13H18N2O2. The number of rotatable bonds is 1. The molecule has 0 bridgehead atoms. The minimum atomic E-state index is -0.354. The highest BCUT2D eigenvalue weighted by Crippen LogP contribution is 2.42. The van der Waals surface area contributed by atoms with E-state index in [9.17, 15) is 5.11 Å². The van der Waals surface area contributed by atoms with Gasteiger partial charge in [0.15, 0.2) is 0 Å². The molecule has 0 unspecified atom stereocenters. The molecule has 0 aromatic heterocycles. The molecule has 0 spiro atoms. The molecule has 17 heavy (non-hydrogen) atoms. The quantitative estimate of drug-likeness (QED) is 0.755. The van der Waals surface area contributed by atoms with Crippen LogP contribution in [0.5, 0.6) is 5.75 Å². The van der Waals surface area contributed by atoms with Gasteiger partial charge in [-0.1, -0.05) is 6.07 Å². The average Bonchev–Trinajstić information content (AvgIpc) is 2.27. The molecule has 0 saturated heterocycles. The maximum atomic E-state index is 9.42. The fourth-order valence-corrected chi connectivity index (χ4v) is 2.68. The monoisotopic (exact) mass is 234 g/mol. The lowest BCUT2D eigenvalue weighted by atomic mass is 9.70. The molecule has 1 aliphatic heterocycles. The van der Waals surface area contributed by atoms with Crippen molar-refractivity contribution in [1.82, 2.24) is 0 Å². The van der Waals surface area contributed by atoms with Crippen molar-refractivity contribution in [2.45, 2.75) is 24.5 Å². The summed E-state index contributed by atoms with van der Waals surface area (Å²) in [6.45, 7) is 1.63. The van der Waals surface area contributed by atoms with Crippen molar-refractivity contribution in [3.8, 4) is 5.75 Å². The first kappa shape index (κ1) is 10.9. The first-order valence-electron chi connectivity index (χ1n) is 6.04. The van der Waals surface area contributed by atoms with Gasteiger partial charge in [-0.05, 0) is 30.5 Å². The summed E-state index contributed by atoms with van der Waals surface area (Å²) in [4.78, 5) is 2.18. The smallest absolute Gasteiger partial charge is 0.142 e. The van der Waals surface area contributed by atoms with Gasteiger partial charge in [-0.3, -0.25) is 0 Å². The van der Waals surface area contributed by atoms with Crippen LogP contribution in [0.15, 0.2) is 18.2 Å². The van der Waals surface area contributed by atoms with Gasteiger partial charge in [0.1, 0.15) is 12.4 Å². The molecule has 92 valence electrons. The van der Waals surface area contributed by atoms with Gasteiger partial charge in [-0.15, -0.1) is 0 Å². The number of benzene rings is 1. The van der Waals surface area contributed by atoms with E-state index in [0.29, 0.717) is 12.8 Å². The van der Waals surface area contributed by atoms with Crippen LogP contribution in [0.3, 0.4) is 0 Å². The third kappa shape index (κ3) is 1.68. The van der Waals surface area contributed by atoms with E-state index in [1.807, 2.05) is 12.1 Å². The number of nitrogens with zero attached hydrogens (tertiary/aromatic N) is 1. The Morgan fingerprint density at radius 3 is 2.94 bits per heavy atom. The number of anilines is 1. The normalized spacial score (nSPS) is 31.5. The van der Waals surface area contributed by atoms with E-state index in [0.717, 1.165) is 30.2 Å². The van der Waals surface area contributed by atoms with Crippen molar-refractivity contribution in [2.24, 2.45) is 5.73 Å². The summed E-state index contributed by atoms with van der Waals surface area (Å²) >= 11 is 0. The lowest BCUT2D eigenvalue weighted by Crippen LogP contribution is -2.51. The Bertz CT molecular complexity index is 441. The number of nitrogens with two attached hydrogens (primary N) is 1. The van der Waals surface area contributed by atoms with Crippen LogP contribution in [0, 0.1) is 0 Å². The van der Waals surface area contributed by atoms with Crippen LogP contribution in [0.4, 0.5) is 5.69 Å². The summed E-state index contributed by atoms with van der Waals surface area (Å²) in [5, 5.41) is 9.42. The van der Waals surface area contributed by atoms with E-state index in [4.69, 9.17) is 10.5 Å². The first-order chi connectivity index (χ1) is 8.08. The topological polar surface area (TPSA) is 58.7 Å². The molecule has 2 aliphatic rings. The molecule has 0 atom stereocenters. The summed E-state index contributed by atoms with van der Waals surface area (Å²) in [7, 11) is 2.06. The highest BCUT2D eigenvalue weighted by atomic mass is 16.5. The van der Waals surface area contributed by atoms with Gasteiger partial charge in [0.2, 0.25) is 0 Å². The van der Waals surface area contributed by atoms with Crippen molar-refractivity contribution in [3.63, 3.8) is 0 Å².